The van der Waals surface area contributed by atoms with Crippen LogP contribution in [0.15, 0.2) is 11.6 Å². The molecular formula is C20H39NO5Si. The minimum absolute atomic E-state index is 0.0569. The first-order valence-electron chi connectivity index (χ1n) is 9.51. The van der Waals surface area contributed by atoms with Crippen LogP contribution in [-0.4, -0.2) is 52.1 Å². The molecule has 0 aliphatic rings. The molecule has 0 heterocycles. The summed E-state index contributed by atoms with van der Waals surface area (Å²) in [7, 11) is 1.07. The highest BCUT2D eigenvalue weighted by Gasteiger charge is 2.41. The zero-order valence-corrected chi connectivity index (χ0v) is 19.8. The van der Waals surface area contributed by atoms with Crippen LogP contribution in [-0.2, 0) is 23.6 Å². The van der Waals surface area contributed by atoms with E-state index >= 15 is 0 Å². The molecule has 0 aromatic heterocycles. The maximum atomic E-state index is 12.6. The number of allylic oxidation sites excluding steroid dienone is 1. The molecule has 0 unspecified atom stereocenters. The second kappa shape index (κ2) is 11.0. The molecular weight excluding hydrogens is 362 g/mol. The van der Waals surface area contributed by atoms with Crippen molar-refractivity contribution in [2.45, 2.75) is 78.6 Å². The van der Waals surface area contributed by atoms with E-state index in [1.807, 2.05) is 19.9 Å². The lowest BCUT2D eigenvalue weighted by atomic mass is 9.97. The summed E-state index contributed by atoms with van der Waals surface area (Å²) in [6.45, 7) is 16.5. The van der Waals surface area contributed by atoms with Crippen molar-refractivity contribution >= 4 is 20.2 Å². The van der Waals surface area contributed by atoms with E-state index in [9.17, 15) is 9.59 Å². The Labute approximate surface area is 166 Å². The average Bonchev–Trinajstić information content (AvgIpc) is 2.54. The van der Waals surface area contributed by atoms with Crippen LogP contribution in [0.1, 0.15) is 54.4 Å². The van der Waals surface area contributed by atoms with E-state index in [1.54, 1.807) is 7.05 Å². The SMILES string of the molecule is CON(C)C(=O)[C@H](C)[C@H](CC/C(C)=C/COC(C)=O)O[Si](C)(C)C(C)(C)C. The molecule has 0 radical (unpaired) electrons. The van der Waals surface area contributed by atoms with Gasteiger partial charge in [0.2, 0.25) is 0 Å². The fourth-order valence-corrected chi connectivity index (χ4v) is 3.71. The molecule has 158 valence electrons. The summed E-state index contributed by atoms with van der Waals surface area (Å²) in [6.07, 6.45) is 3.19. The number of carbonyl (C=O) groups is 2. The molecule has 0 spiro atoms. The molecule has 0 N–H and O–H groups in total. The van der Waals surface area contributed by atoms with Crippen LogP contribution in [0.3, 0.4) is 0 Å². The summed E-state index contributed by atoms with van der Waals surface area (Å²) in [4.78, 5) is 28.5. The number of hydroxylamine groups is 2. The molecule has 0 saturated carbocycles. The van der Waals surface area contributed by atoms with Gasteiger partial charge < -0.3 is 9.16 Å². The van der Waals surface area contributed by atoms with Gasteiger partial charge in [-0.05, 0) is 44.0 Å². The third-order valence-corrected chi connectivity index (χ3v) is 9.83. The molecule has 0 saturated heterocycles. The third kappa shape index (κ3) is 9.03. The first-order chi connectivity index (χ1) is 12.2. The molecule has 0 aliphatic heterocycles. The summed E-state index contributed by atoms with van der Waals surface area (Å²) in [5.74, 6) is -0.701. The Hall–Kier alpha value is -1.18. The number of amides is 1. The minimum Gasteiger partial charge on any atom is -0.462 e. The predicted octanol–water partition coefficient (Wildman–Crippen LogP) is 4.32. The van der Waals surface area contributed by atoms with E-state index in [-0.39, 0.29) is 35.5 Å². The fraction of sp³-hybridized carbons (Fsp3) is 0.800. The Kier molecular flexibility index (Phi) is 10.5. The van der Waals surface area contributed by atoms with E-state index in [0.29, 0.717) is 0 Å². The number of rotatable bonds is 10. The normalized spacial score (nSPS) is 15.3. The molecule has 0 aliphatic carbocycles. The molecule has 0 bridgehead atoms. The van der Waals surface area contributed by atoms with Crippen LogP contribution in [0.2, 0.25) is 18.1 Å². The maximum Gasteiger partial charge on any atom is 0.302 e. The van der Waals surface area contributed by atoms with Crippen molar-refractivity contribution < 1.29 is 23.6 Å². The largest absolute Gasteiger partial charge is 0.462 e. The van der Waals surface area contributed by atoms with Crippen LogP contribution < -0.4 is 0 Å². The zero-order valence-electron chi connectivity index (χ0n) is 18.8. The molecule has 0 rings (SSSR count). The van der Waals surface area contributed by atoms with Gasteiger partial charge in [-0.2, -0.15) is 0 Å². The van der Waals surface area contributed by atoms with Crippen molar-refractivity contribution in [1.82, 2.24) is 5.06 Å². The van der Waals surface area contributed by atoms with Crippen molar-refractivity contribution in [3.8, 4) is 0 Å². The van der Waals surface area contributed by atoms with Crippen molar-refractivity contribution in [2.75, 3.05) is 20.8 Å². The highest BCUT2D eigenvalue weighted by molar-refractivity contribution is 6.74. The van der Waals surface area contributed by atoms with Gasteiger partial charge in [0.25, 0.3) is 5.91 Å². The van der Waals surface area contributed by atoms with Gasteiger partial charge in [-0.25, -0.2) is 5.06 Å². The monoisotopic (exact) mass is 401 g/mol. The highest BCUT2D eigenvalue weighted by Crippen LogP contribution is 2.39. The standard InChI is InChI=1S/C20H39NO5Si/c1-15(13-14-25-17(3)22)11-12-18(16(2)19(23)21(7)24-8)26-27(9,10)20(4,5)6/h13,16,18H,11-12,14H2,1-10H3/b15-13+/t16-,18+/m1/s1. The molecule has 7 heteroatoms. The molecule has 0 fully saturated rings. The van der Waals surface area contributed by atoms with E-state index in [0.717, 1.165) is 18.4 Å². The second-order valence-corrected chi connectivity index (χ2v) is 13.4. The lowest BCUT2D eigenvalue weighted by Crippen LogP contribution is -2.48. The first kappa shape index (κ1) is 25.8. The number of hydrogen-bond acceptors (Lipinski definition) is 5. The Bertz CT molecular complexity index is 525. The van der Waals surface area contributed by atoms with Gasteiger partial charge in [-0.1, -0.05) is 33.3 Å². The Balaban J connectivity index is 5.24. The molecule has 1 amide bonds. The quantitative estimate of drug-likeness (QED) is 0.236. The topological polar surface area (TPSA) is 65.1 Å². The van der Waals surface area contributed by atoms with Gasteiger partial charge in [0.05, 0.1) is 19.1 Å². The number of hydrogen-bond donors (Lipinski definition) is 0. The van der Waals surface area contributed by atoms with Crippen molar-refractivity contribution in [1.29, 1.82) is 0 Å². The molecule has 6 nitrogen and oxygen atoms in total. The van der Waals surface area contributed by atoms with Crippen LogP contribution >= 0.6 is 0 Å². The van der Waals surface area contributed by atoms with Crippen LogP contribution in [0, 0.1) is 5.92 Å². The molecule has 2 atom stereocenters. The molecule has 0 aromatic rings. The van der Waals surface area contributed by atoms with Crippen LogP contribution in [0.5, 0.6) is 0 Å². The first-order valence-corrected chi connectivity index (χ1v) is 12.4. The zero-order chi connectivity index (χ0) is 21.4. The predicted molar refractivity (Wildman–Crippen MR) is 111 cm³/mol. The van der Waals surface area contributed by atoms with Gasteiger partial charge in [-0.15, -0.1) is 0 Å². The Morgan fingerprint density at radius 2 is 1.74 bits per heavy atom. The summed E-state index contributed by atoms with van der Waals surface area (Å²) in [6, 6.07) is 0. The van der Waals surface area contributed by atoms with Gasteiger partial charge in [-0.3, -0.25) is 14.4 Å². The molecule has 27 heavy (non-hydrogen) atoms. The Morgan fingerprint density at radius 1 is 1.19 bits per heavy atom. The van der Waals surface area contributed by atoms with E-state index in [2.05, 4.69) is 33.9 Å². The van der Waals surface area contributed by atoms with Gasteiger partial charge in [0.15, 0.2) is 8.32 Å². The van der Waals surface area contributed by atoms with Gasteiger partial charge in [0, 0.05) is 14.0 Å². The second-order valence-electron chi connectivity index (χ2n) is 8.62. The minimum atomic E-state index is -2.03. The van der Waals surface area contributed by atoms with Gasteiger partial charge >= 0.3 is 5.97 Å². The van der Waals surface area contributed by atoms with Crippen LogP contribution in [0.25, 0.3) is 0 Å². The lowest BCUT2D eigenvalue weighted by molar-refractivity contribution is -0.176. The smallest absolute Gasteiger partial charge is 0.302 e. The summed E-state index contributed by atoms with van der Waals surface area (Å²) < 4.78 is 11.6. The Morgan fingerprint density at radius 3 is 2.19 bits per heavy atom. The van der Waals surface area contributed by atoms with Crippen molar-refractivity contribution in [3.63, 3.8) is 0 Å². The highest BCUT2D eigenvalue weighted by atomic mass is 28.4. The number of ether oxygens (including phenoxy) is 1. The van der Waals surface area contributed by atoms with Crippen molar-refractivity contribution in [2.24, 2.45) is 5.92 Å². The lowest BCUT2D eigenvalue weighted by Gasteiger charge is -2.41. The van der Waals surface area contributed by atoms with E-state index < -0.39 is 8.32 Å². The number of nitrogens with zero attached hydrogens (tertiary/aromatic N) is 1. The third-order valence-electron chi connectivity index (χ3n) is 5.33. The maximum absolute atomic E-state index is 12.6. The fourth-order valence-electron chi connectivity index (χ4n) is 2.28. The average molecular weight is 402 g/mol. The van der Waals surface area contributed by atoms with E-state index in [1.165, 1.54) is 19.1 Å². The summed E-state index contributed by atoms with van der Waals surface area (Å²) in [5, 5.41) is 1.32. The summed E-state index contributed by atoms with van der Waals surface area (Å²) >= 11 is 0. The summed E-state index contributed by atoms with van der Waals surface area (Å²) in [5.41, 5.74) is 1.11. The number of esters is 1. The van der Waals surface area contributed by atoms with Crippen LogP contribution in [0.4, 0.5) is 0 Å². The van der Waals surface area contributed by atoms with E-state index in [4.69, 9.17) is 14.0 Å². The number of carbonyl (C=O) groups excluding carboxylic acids is 2. The molecule has 0 aromatic carbocycles. The van der Waals surface area contributed by atoms with Gasteiger partial charge in [0.1, 0.15) is 6.61 Å². The van der Waals surface area contributed by atoms with Crippen molar-refractivity contribution in [3.05, 3.63) is 11.6 Å².